The number of carbonyl (C=O) groups is 1. The number of rotatable bonds is 3. The third-order valence-corrected chi connectivity index (χ3v) is 6.29. The molecule has 2 aliphatic carbocycles. The van der Waals surface area contributed by atoms with Gasteiger partial charge in [0.1, 0.15) is 10.9 Å². The smallest absolute Gasteiger partial charge is 0.312 e. The van der Waals surface area contributed by atoms with Gasteiger partial charge in [0.2, 0.25) is 0 Å². The number of fused-ring (bicyclic) bond motifs is 1. The Labute approximate surface area is 127 Å². The molecule has 0 bridgehead atoms. The van der Waals surface area contributed by atoms with Crippen LogP contribution in [-0.2, 0) is 16.6 Å². The zero-order chi connectivity index (χ0) is 14.4. The van der Waals surface area contributed by atoms with Crippen LogP contribution in [0.15, 0.2) is 30.3 Å². The Balaban J connectivity index is 1.77. The second kappa shape index (κ2) is 4.67. The van der Waals surface area contributed by atoms with Crippen molar-refractivity contribution in [1.82, 2.24) is 4.98 Å². The fourth-order valence-corrected chi connectivity index (χ4v) is 4.99. The van der Waals surface area contributed by atoms with E-state index in [1.807, 2.05) is 6.07 Å². The van der Waals surface area contributed by atoms with Crippen molar-refractivity contribution in [3.8, 4) is 0 Å². The molecule has 1 aromatic carbocycles. The van der Waals surface area contributed by atoms with E-state index >= 15 is 0 Å². The molecule has 0 spiro atoms. The lowest BCUT2D eigenvalue weighted by molar-refractivity contribution is -0.138. The second-order valence-electron chi connectivity index (χ2n) is 6.06. The van der Waals surface area contributed by atoms with Crippen LogP contribution in [0.2, 0.25) is 0 Å². The van der Waals surface area contributed by atoms with Crippen molar-refractivity contribution in [2.75, 3.05) is 0 Å². The van der Waals surface area contributed by atoms with E-state index in [2.05, 4.69) is 24.3 Å². The van der Waals surface area contributed by atoms with E-state index < -0.39 is 11.9 Å². The van der Waals surface area contributed by atoms with Crippen LogP contribution in [-0.4, -0.2) is 16.1 Å². The van der Waals surface area contributed by atoms with Gasteiger partial charge >= 0.3 is 5.97 Å². The van der Waals surface area contributed by atoms with E-state index in [1.54, 1.807) is 11.3 Å². The molecule has 2 aromatic rings. The maximum Gasteiger partial charge on any atom is 0.312 e. The number of carboxylic acids is 1. The normalized spacial score (nSPS) is 22.6. The zero-order valence-corrected chi connectivity index (χ0v) is 12.5. The van der Waals surface area contributed by atoms with Crippen molar-refractivity contribution in [3.63, 3.8) is 0 Å². The molecule has 21 heavy (non-hydrogen) atoms. The predicted octanol–water partition coefficient (Wildman–Crippen LogP) is 3.73. The van der Waals surface area contributed by atoms with Gasteiger partial charge in [0, 0.05) is 10.3 Å². The molecule has 2 aliphatic rings. The summed E-state index contributed by atoms with van der Waals surface area (Å²) in [5, 5.41) is 10.5. The van der Waals surface area contributed by atoms with Gasteiger partial charge < -0.3 is 5.11 Å². The van der Waals surface area contributed by atoms with Crippen molar-refractivity contribution >= 4 is 17.3 Å². The average Bonchev–Trinajstić information content (AvgIpc) is 2.98. The van der Waals surface area contributed by atoms with Crippen molar-refractivity contribution in [3.05, 3.63) is 51.5 Å². The topological polar surface area (TPSA) is 50.2 Å². The highest BCUT2D eigenvalue weighted by Gasteiger charge is 2.45. The monoisotopic (exact) mass is 299 g/mol. The number of benzene rings is 1. The molecule has 0 saturated heterocycles. The third kappa shape index (κ3) is 1.85. The minimum atomic E-state index is -0.729. The van der Waals surface area contributed by atoms with Gasteiger partial charge in [0.25, 0.3) is 0 Å². The molecular weight excluding hydrogens is 282 g/mol. The number of hydrogen-bond acceptors (Lipinski definition) is 3. The summed E-state index contributed by atoms with van der Waals surface area (Å²) >= 11 is 1.75. The number of carboxylic acid groups (broad SMARTS) is 1. The summed E-state index contributed by atoms with van der Waals surface area (Å²) in [4.78, 5) is 17.3. The van der Waals surface area contributed by atoms with Gasteiger partial charge in [-0.05, 0) is 31.2 Å². The maximum atomic E-state index is 11.3. The molecule has 108 valence electrons. The minimum Gasteiger partial charge on any atom is -0.481 e. The quantitative estimate of drug-likeness (QED) is 0.939. The second-order valence-corrected chi connectivity index (χ2v) is 7.14. The summed E-state index contributed by atoms with van der Waals surface area (Å²) in [6.07, 6.45) is 5.06. The fourth-order valence-electron chi connectivity index (χ4n) is 3.59. The molecule has 4 heteroatoms. The van der Waals surface area contributed by atoms with E-state index in [0.717, 1.165) is 30.0 Å². The predicted molar refractivity (Wildman–Crippen MR) is 81.9 cm³/mol. The minimum absolute atomic E-state index is 0.0410. The first kappa shape index (κ1) is 13.0. The van der Waals surface area contributed by atoms with Gasteiger partial charge in [-0.3, -0.25) is 4.79 Å². The van der Waals surface area contributed by atoms with Crippen molar-refractivity contribution < 1.29 is 9.90 Å². The molecule has 1 atom stereocenters. The van der Waals surface area contributed by atoms with Gasteiger partial charge in [0.15, 0.2) is 0 Å². The van der Waals surface area contributed by atoms with E-state index in [-0.39, 0.29) is 5.41 Å². The fraction of sp³-hybridized carbons (Fsp3) is 0.412. The van der Waals surface area contributed by atoms with Crippen LogP contribution >= 0.6 is 11.3 Å². The van der Waals surface area contributed by atoms with Gasteiger partial charge in [0.05, 0.1) is 5.69 Å². The van der Waals surface area contributed by atoms with Gasteiger partial charge in [-0.1, -0.05) is 36.8 Å². The van der Waals surface area contributed by atoms with Crippen molar-refractivity contribution in [2.45, 2.75) is 43.4 Å². The Hall–Kier alpha value is -1.68. The number of hydrogen-bond donors (Lipinski definition) is 1. The molecule has 1 N–H and O–H groups in total. The van der Waals surface area contributed by atoms with E-state index in [1.165, 1.54) is 16.9 Å². The molecule has 1 heterocycles. The molecular formula is C17H17NO2S. The molecule has 1 saturated carbocycles. The lowest BCUT2D eigenvalue weighted by Crippen LogP contribution is -2.35. The van der Waals surface area contributed by atoms with Crippen LogP contribution in [0.25, 0.3) is 0 Å². The summed E-state index contributed by atoms with van der Waals surface area (Å²) in [6.45, 7) is 0. The van der Waals surface area contributed by atoms with Gasteiger partial charge in [-0.2, -0.15) is 0 Å². The first-order valence-electron chi connectivity index (χ1n) is 7.49. The van der Waals surface area contributed by atoms with Crippen molar-refractivity contribution in [2.24, 2.45) is 0 Å². The van der Waals surface area contributed by atoms with Crippen LogP contribution in [0.5, 0.6) is 0 Å². The number of aromatic nitrogens is 1. The average molecular weight is 299 g/mol. The first-order chi connectivity index (χ1) is 10.2. The first-order valence-corrected chi connectivity index (χ1v) is 8.31. The Morgan fingerprint density at radius 2 is 2.05 bits per heavy atom. The molecule has 4 rings (SSSR count). The number of nitrogens with zero attached hydrogens (tertiary/aromatic N) is 1. The highest BCUT2D eigenvalue weighted by atomic mass is 32.1. The Morgan fingerprint density at radius 3 is 2.67 bits per heavy atom. The number of aliphatic carboxylic acids is 1. The molecule has 1 aromatic heterocycles. The SMILES string of the molecule is O=C(O)C1CCc2sc(C3(c4ccccc4)CCC3)nc21. The highest BCUT2D eigenvalue weighted by molar-refractivity contribution is 7.12. The number of thiazole rings is 1. The van der Waals surface area contributed by atoms with Gasteiger partial charge in [-0.25, -0.2) is 4.98 Å². The molecule has 3 nitrogen and oxygen atoms in total. The van der Waals surface area contributed by atoms with E-state index in [4.69, 9.17) is 4.98 Å². The standard InChI is InChI=1S/C17H17NO2S/c19-15(20)12-7-8-13-14(12)18-16(21-13)17(9-4-10-17)11-5-2-1-3-6-11/h1-3,5-6,12H,4,7-10H2,(H,19,20). The molecule has 1 unspecified atom stereocenters. The number of aryl methyl sites for hydroxylation is 1. The highest BCUT2D eigenvalue weighted by Crippen LogP contribution is 2.52. The third-order valence-electron chi connectivity index (χ3n) is 4.96. The van der Waals surface area contributed by atoms with Crippen LogP contribution in [0.3, 0.4) is 0 Å². The van der Waals surface area contributed by atoms with E-state index in [0.29, 0.717) is 6.42 Å². The van der Waals surface area contributed by atoms with Crippen LogP contribution in [0, 0.1) is 0 Å². The van der Waals surface area contributed by atoms with Crippen LogP contribution in [0.4, 0.5) is 0 Å². The summed E-state index contributed by atoms with van der Waals surface area (Å²) in [6, 6.07) is 10.6. The lowest BCUT2D eigenvalue weighted by Gasteiger charge is -2.40. The summed E-state index contributed by atoms with van der Waals surface area (Å²) in [7, 11) is 0. The molecule has 1 fully saturated rings. The van der Waals surface area contributed by atoms with E-state index in [9.17, 15) is 9.90 Å². The van der Waals surface area contributed by atoms with Crippen LogP contribution < -0.4 is 0 Å². The molecule has 0 radical (unpaired) electrons. The zero-order valence-electron chi connectivity index (χ0n) is 11.7. The lowest BCUT2D eigenvalue weighted by atomic mass is 9.65. The Kier molecular flexibility index (Phi) is 2.89. The largest absolute Gasteiger partial charge is 0.481 e. The molecule has 0 amide bonds. The van der Waals surface area contributed by atoms with Gasteiger partial charge in [-0.15, -0.1) is 11.3 Å². The van der Waals surface area contributed by atoms with Crippen LogP contribution in [0.1, 0.15) is 52.7 Å². The van der Waals surface area contributed by atoms with Crippen molar-refractivity contribution in [1.29, 1.82) is 0 Å². The summed E-state index contributed by atoms with van der Waals surface area (Å²) in [5.41, 5.74) is 2.21. The Bertz CT molecular complexity index is 688. The maximum absolute atomic E-state index is 11.3. The Morgan fingerprint density at radius 1 is 1.29 bits per heavy atom. The summed E-state index contributed by atoms with van der Waals surface area (Å²) < 4.78 is 0. The molecule has 0 aliphatic heterocycles. The summed E-state index contributed by atoms with van der Waals surface area (Å²) in [5.74, 6) is -1.12.